The maximum atomic E-state index is 13.8. The number of carbonyl (C=O) groups excluding carboxylic acids is 2. The van der Waals surface area contributed by atoms with Crippen molar-refractivity contribution in [3.63, 3.8) is 0 Å². The smallest absolute Gasteiger partial charge is 0.295 e. The van der Waals surface area contributed by atoms with Gasteiger partial charge in [-0.25, -0.2) is 0 Å². The van der Waals surface area contributed by atoms with Crippen LogP contribution < -0.4 is 19.5 Å². The van der Waals surface area contributed by atoms with Gasteiger partial charge in [-0.1, -0.05) is 48.2 Å². The second kappa shape index (κ2) is 11.4. The number of quaternary nitrogens is 1. The number of phenols is 1. The summed E-state index contributed by atoms with van der Waals surface area (Å²) in [7, 11) is 5.30. The van der Waals surface area contributed by atoms with Crippen LogP contribution in [0.15, 0.2) is 72.3 Å². The summed E-state index contributed by atoms with van der Waals surface area (Å²) in [6.45, 7) is 3.08. The van der Waals surface area contributed by atoms with Gasteiger partial charge in [0, 0.05) is 5.57 Å². The van der Waals surface area contributed by atoms with Crippen molar-refractivity contribution in [1.29, 1.82) is 0 Å². The third-order valence-electron chi connectivity index (χ3n) is 6.58. The molecule has 1 aliphatic rings. The van der Waals surface area contributed by atoms with Crippen molar-refractivity contribution in [1.82, 2.24) is 4.90 Å². The first-order valence-electron chi connectivity index (χ1n) is 12.4. The summed E-state index contributed by atoms with van der Waals surface area (Å²) in [6.07, 6.45) is 0. The van der Waals surface area contributed by atoms with Gasteiger partial charge in [0.05, 0.1) is 40.3 Å². The van der Waals surface area contributed by atoms with E-state index in [1.54, 1.807) is 30.3 Å². The van der Waals surface area contributed by atoms with Gasteiger partial charge in [0.1, 0.15) is 12.4 Å². The van der Waals surface area contributed by atoms with E-state index in [1.807, 2.05) is 51.4 Å². The molecule has 1 aliphatic heterocycles. The zero-order chi connectivity index (χ0) is 27.4. The molecule has 4 rings (SSSR count). The number of hydrogen-bond acceptors (Lipinski definition) is 6. The first kappa shape index (κ1) is 26.8. The summed E-state index contributed by atoms with van der Waals surface area (Å²) in [4.78, 5) is 28.9. The highest BCUT2D eigenvalue weighted by molar-refractivity contribution is 6.46. The van der Waals surface area contributed by atoms with Crippen LogP contribution in [0.3, 0.4) is 0 Å². The molecule has 1 saturated heterocycles. The van der Waals surface area contributed by atoms with Crippen molar-refractivity contribution < 1.29 is 34.2 Å². The van der Waals surface area contributed by atoms with Gasteiger partial charge in [-0.3, -0.25) is 9.59 Å². The molecule has 0 aromatic heterocycles. The number of ether oxygens (including phenoxy) is 2. The Balaban J connectivity index is 1.73. The molecule has 1 heterocycles. The van der Waals surface area contributed by atoms with Crippen molar-refractivity contribution in [3.05, 3.63) is 94.6 Å². The lowest BCUT2D eigenvalue weighted by molar-refractivity contribution is -0.857. The minimum atomic E-state index is -0.898. The van der Waals surface area contributed by atoms with Crippen molar-refractivity contribution in [2.45, 2.75) is 19.6 Å². The van der Waals surface area contributed by atoms with Gasteiger partial charge >= 0.3 is 0 Å². The van der Waals surface area contributed by atoms with Crippen LogP contribution in [-0.4, -0.2) is 56.0 Å². The normalized spacial score (nSPS) is 16.8. The average Bonchev–Trinajstić information content (AvgIpc) is 3.16. The van der Waals surface area contributed by atoms with E-state index >= 15 is 0 Å². The number of carbonyl (C=O) groups is 2. The molecular formula is C30H32N2O6. The van der Waals surface area contributed by atoms with E-state index in [-0.39, 0.29) is 23.6 Å². The molecule has 8 heteroatoms. The monoisotopic (exact) mass is 516 g/mol. The van der Waals surface area contributed by atoms with E-state index in [9.17, 15) is 19.8 Å². The number of aryl methyl sites for hydroxylation is 1. The van der Waals surface area contributed by atoms with E-state index in [4.69, 9.17) is 9.47 Å². The largest absolute Gasteiger partial charge is 0.872 e. The summed E-state index contributed by atoms with van der Waals surface area (Å²) >= 11 is 0. The number of phenolic OH excluding ortho intramolecular Hbond substituents is 1. The van der Waals surface area contributed by atoms with Crippen LogP contribution in [-0.2, 0) is 16.2 Å². The van der Waals surface area contributed by atoms with Gasteiger partial charge in [-0.2, -0.15) is 0 Å². The highest BCUT2D eigenvalue weighted by Gasteiger charge is 2.44. The van der Waals surface area contributed by atoms with Gasteiger partial charge in [0.15, 0.2) is 11.5 Å². The molecule has 1 unspecified atom stereocenters. The third-order valence-corrected chi connectivity index (χ3v) is 6.58. The topological polar surface area (TPSA) is 104 Å². The highest BCUT2D eigenvalue weighted by Crippen LogP contribution is 2.41. The molecule has 3 aromatic rings. The number of nitrogens with zero attached hydrogens (tertiary/aromatic N) is 1. The fourth-order valence-electron chi connectivity index (χ4n) is 4.50. The number of amides is 1. The Kier molecular flexibility index (Phi) is 8.02. The molecule has 1 atom stereocenters. The molecule has 1 fully saturated rings. The number of nitrogens with one attached hydrogen (secondary N) is 1. The van der Waals surface area contributed by atoms with Crippen LogP contribution >= 0.6 is 0 Å². The molecule has 0 bridgehead atoms. The number of rotatable bonds is 9. The summed E-state index contributed by atoms with van der Waals surface area (Å²) in [6, 6.07) is 18.4. The number of ketones is 1. The Morgan fingerprint density at radius 2 is 1.76 bits per heavy atom. The Labute approximate surface area is 222 Å². The van der Waals surface area contributed by atoms with Crippen LogP contribution in [0.1, 0.15) is 28.3 Å². The average molecular weight is 517 g/mol. The predicted octanol–water partition coefficient (Wildman–Crippen LogP) is 1.66. The Morgan fingerprint density at radius 1 is 1.03 bits per heavy atom. The van der Waals surface area contributed by atoms with Gasteiger partial charge in [0.2, 0.25) is 5.78 Å². The second-order valence-electron chi connectivity index (χ2n) is 9.62. The summed E-state index contributed by atoms with van der Waals surface area (Å²) < 4.78 is 11.2. The molecule has 0 spiro atoms. The van der Waals surface area contributed by atoms with Crippen molar-refractivity contribution >= 4 is 17.4 Å². The maximum absolute atomic E-state index is 13.8. The molecule has 38 heavy (non-hydrogen) atoms. The molecule has 1 amide bonds. The van der Waals surface area contributed by atoms with Crippen molar-refractivity contribution in [3.8, 4) is 17.2 Å². The second-order valence-corrected chi connectivity index (χ2v) is 9.62. The number of Topliss-reactive ketones (excluding diaryl/α,β-unsaturated/α-hetero) is 1. The van der Waals surface area contributed by atoms with Gasteiger partial charge in [-0.05, 0) is 53.4 Å². The van der Waals surface area contributed by atoms with Crippen molar-refractivity contribution in [2.75, 3.05) is 34.3 Å². The highest BCUT2D eigenvalue weighted by atomic mass is 16.5. The lowest BCUT2D eigenvalue weighted by Crippen LogP contribution is -3.06. The van der Waals surface area contributed by atoms with Crippen LogP contribution in [0, 0.1) is 6.92 Å². The first-order valence-corrected chi connectivity index (χ1v) is 12.4. The molecule has 8 nitrogen and oxygen atoms in total. The van der Waals surface area contributed by atoms with Gasteiger partial charge in [0.25, 0.3) is 5.91 Å². The van der Waals surface area contributed by atoms with Crippen LogP contribution in [0.4, 0.5) is 0 Å². The molecule has 0 aliphatic carbocycles. The standard InChI is InChI=1S/C30H32N2O6/c1-19-16-22(11-13-24(19)38-18-20-8-6-5-7-9-20)28(34)26-27(21-10-12-23(33)25(17-21)37-4)32(15-14-31(2)3)30(36)29(26)35/h5-13,16-17,27,33-34H,14-15,18H2,1-4H3/b28-26+. The first-order chi connectivity index (χ1) is 18.2. The number of aromatic hydroxyl groups is 1. The lowest BCUT2D eigenvalue weighted by atomic mass is 9.94. The Hall–Kier alpha value is -4.30. The molecule has 0 saturated carbocycles. The number of likely N-dealkylation sites (N-methyl/N-ethyl adjacent to an activating group) is 1. The molecule has 2 N–H and O–H groups in total. The summed E-state index contributed by atoms with van der Waals surface area (Å²) in [5, 5.41) is 23.9. The lowest BCUT2D eigenvalue weighted by Gasteiger charge is -2.28. The van der Waals surface area contributed by atoms with Crippen molar-refractivity contribution in [2.24, 2.45) is 0 Å². The van der Waals surface area contributed by atoms with E-state index < -0.39 is 23.5 Å². The number of benzene rings is 3. The summed E-state index contributed by atoms with van der Waals surface area (Å²) in [5.74, 6) is -1.31. The molecule has 198 valence electrons. The van der Waals surface area contributed by atoms with Crippen LogP contribution in [0.5, 0.6) is 17.2 Å². The molecule has 3 aromatic carbocycles. The Bertz CT molecular complexity index is 1370. The Morgan fingerprint density at radius 3 is 2.42 bits per heavy atom. The zero-order valence-electron chi connectivity index (χ0n) is 22.0. The molecule has 0 radical (unpaired) electrons. The number of methoxy groups -OCH3 is 1. The van der Waals surface area contributed by atoms with E-state index in [0.29, 0.717) is 30.0 Å². The minimum Gasteiger partial charge on any atom is -0.872 e. The predicted molar refractivity (Wildman–Crippen MR) is 141 cm³/mol. The van der Waals surface area contributed by atoms with Crippen LogP contribution in [0.25, 0.3) is 5.76 Å². The fourth-order valence-corrected chi connectivity index (χ4v) is 4.50. The SMILES string of the molecule is COc1cc(C2/C(=C(\[O-])c3ccc(OCc4ccccc4)c(C)c3)C(=O)C(=O)N2CC[NH+](C)C)ccc1O. The fraction of sp³-hybridized carbons (Fsp3) is 0.267. The van der Waals surface area contributed by atoms with E-state index in [2.05, 4.69) is 0 Å². The quantitative estimate of drug-likeness (QED) is 0.255. The maximum Gasteiger partial charge on any atom is 0.295 e. The minimum absolute atomic E-state index is 0.0780. The van der Waals surface area contributed by atoms with Gasteiger partial charge in [-0.15, -0.1) is 0 Å². The van der Waals surface area contributed by atoms with E-state index in [1.165, 1.54) is 18.1 Å². The molecular weight excluding hydrogens is 484 g/mol. The van der Waals surface area contributed by atoms with Gasteiger partial charge < -0.3 is 29.5 Å². The number of hydrogen-bond donors (Lipinski definition) is 2. The van der Waals surface area contributed by atoms with Crippen LogP contribution in [0.2, 0.25) is 0 Å². The summed E-state index contributed by atoms with van der Waals surface area (Å²) in [5.41, 5.74) is 2.44. The number of likely N-dealkylation sites (tertiary alicyclic amines) is 1. The van der Waals surface area contributed by atoms with E-state index in [0.717, 1.165) is 16.0 Å². The third kappa shape index (κ3) is 5.50. The zero-order valence-corrected chi connectivity index (χ0v) is 22.0.